The number of carbonyl (C=O) groups excluding carboxylic acids is 2. The van der Waals surface area contributed by atoms with Crippen LogP contribution in [0.5, 0.6) is 0 Å². The summed E-state index contributed by atoms with van der Waals surface area (Å²) < 4.78 is 10.3. The number of esters is 2. The van der Waals surface area contributed by atoms with E-state index in [-0.39, 0.29) is 25.2 Å². The van der Waals surface area contributed by atoms with Crippen LogP contribution in [-0.4, -0.2) is 36.4 Å². The molecule has 5 heteroatoms. The Morgan fingerprint density at radius 2 is 0.791 bits per heavy atom. The second kappa shape index (κ2) is 33.8. The highest BCUT2D eigenvalue weighted by Crippen LogP contribution is 2.17. The van der Waals surface area contributed by atoms with Gasteiger partial charge in [-0.2, -0.15) is 0 Å². The first kappa shape index (κ1) is 41.9. The highest BCUT2D eigenvalue weighted by Gasteiger charge is 2.12. The first-order chi connectivity index (χ1) is 21.0. The van der Waals surface area contributed by atoms with Crippen molar-refractivity contribution < 1.29 is 24.2 Å². The fourth-order valence-corrected chi connectivity index (χ4v) is 5.59. The van der Waals surface area contributed by atoms with E-state index in [1.165, 1.54) is 141 Å². The molecule has 0 radical (unpaired) electrons. The third kappa shape index (κ3) is 33.6. The van der Waals surface area contributed by atoms with Gasteiger partial charge >= 0.3 is 11.9 Å². The zero-order chi connectivity index (χ0) is 31.6. The van der Waals surface area contributed by atoms with Crippen molar-refractivity contribution in [2.75, 3.05) is 13.2 Å². The Bertz CT molecular complexity index is 593. The van der Waals surface area contributed by atoms with E-state index in [9.17, 15) is 14.7 Å². The molecule has 0 fully saturated rings. The summed E-state index contributed by atoms with van der Waals surface area (Å²) in [6, 6.07) is 0. The van der Waals surface area contributed by atoms with E-state index >= 15 is 0 Å². The Balaban J connectivity index is 3.33. The Labute approximate surface area is 268 Å². The van der Waals surface area contributed by atoms with Crippen molar-refractivity contribution in [1.29, 1.82) is 0 Å². The molecule has 1 N–H and O–H groups in total. The van der Waals surface area contributed by atoms with Gasteiger partial charge in [0.25, 0.3) is 0 Å². The number of rotatable bonds is 34. The Morgan fingerprint density at radius 1 is 0.488 bits per heavy atom. The summed E-state index contributed by atoms with van der Waals surface area (Å²) in [5, 5.41) is 9.94. The van der Waals surface area contributed by atoms with E-state index in [2.05, 4.69) is 20.8 Å². The van der Waals surface area contributed by atoms with E-state index in [4.69, 9.17) is 9.47 Å². The molecule has 0 aliphatic carbocycles. The predicted molar refractivity (Wildman–Crippen MR) is 182 cm³/mol. The van der Waals surface area contributed by atoms with Crippen molar-refractivity contribution in [3.05, 3.63) is 0 Å². The van der Waals surface area contributed by atoms with Gasteiger partial charge in [-0.1, -0.05) is 181 Å². The number of aliphatic hydroxyl groups excluding tert-OH is 1. The van der Waals surface area contributed by atoms with E-state index < -0.39 is 6.10 Å². The molecule has 0 saturated carbocycles. The van der Waals surface area contributed by atoms with Crippen LogP contribution in [0, 0.1) is 5.92 Å². The topological polar surface area (TPSA) is 72.8 Å². The molecule has 5 nitrogen and oxygen atoms in total. The number of ether oxygens (including phenoxy) is 2. The van der Waals surface area contributed by atoms with Gasteiger partial charge in [0.1, 0.15) is 19.3 Å². The van der Waals surface area contributed by atoms with Crippen LogP contribution in [0.25, 0.3) is 0 Å². The number of aliphatic hydroxyl groups is 1. The minimum absolute atomic E-state index is 0.109. The lowest BCUT2D eigenvalue weighted by Gasteiger charge is -2.12. The summed E-state index contributed by atoms with van der Waals surface area (Å²) in [5.74, 6) is 0.355. The first-order valence-electron chi connectivity index (χ1n) is 19.0. The average molecular weight is 611 g/mol. The largest absolute Gasteiger partial charge is 0.463 e. The molecule has 256 valence electrons. The van der Waals surface area contributed by atoms with E-state index in [1.807, 2.05) is 0 Å². The van der Waals surface area contributed by atoms with Gasteiger partial charge in [-0.3, -0.25) is 9.59 Å². The molecule has 0 bridgehead atoms. The van der Waals surface area contributed by atoms with Crippen molar-refractivity contribution in [3.63, 3.8) is 0 Å². The van der Waals surface area contributed by atoms with Crippen LogP contribution in [0.1, 0.15) is 207 Å². The zero-order valence-corrected chi connectivity index (χ0v) is 29.2. The fraction of sp³-hybridized carbons (Fsp3) is 0.947. The van der Waals surface area contributed by atoms with Crippen LogP contribution >= 0.6 is 0 Å². The molecular weight excluding hydrogens is 536 g/mol. The lowest BCUT2D eigenvalue weighted by atomic mass is 9.99. The molecule has 0 aliphatic heterocycles. The average Bonchev–Trinajstić information content (AvgIpc) is 3.01. The quantitative estimate of drug-likeness (QED) is 0.0579. The van der Waals surface area contributed by atoms with Crippen LogP contribution < -0.4 is 0 Å². The normalized spacial score (nSPS) is 12.7. The van der Waals surface area contributed by atoms with E-state index in [1.54, 1.807) is 0 Å². The molecule has 0 spiro atoms. The maximum Gasteiger partial charge on any atom is 0.305 e. The van der Waals surface area contributed by atoms with Crippen LogP contribution in [-0.2, 0) is 19.1 Å². The standard InChI is InChI=1S/C38H74O5/c1-4-6-7-8-21-25-28-31-37(40)42-33-36(39)34-43-38(41)32-29-26-23-20-18-16-14-12-10-9-11-13-15-17-19-22-24-27-30-35(3)5-2/h35-36,39H,4-34H2,1-3H3/t35?,36-/m1/s1. The molecule has 0 amide bonds. The van der Waals surface area contributed by atoms with Crippen LogP contribution in [0.3, 0.4) is 0 Å². The van der Waals surface area contributed by atoms with Gasteiger partial charge in [0.15, 0.2) is 0 Å². The molecule has 2 atom stereocenters. The third-order valence-corrected chi connectivity index (χ3v) is 8.88. The summed E-state index contributed by atoms with van der Waals surface area (Å²) in [5.41, 5.74) is 0. The van der Waals surface area contributed by atoms with Gasteiger partial charge in [-0.05, 0) is 18.8 Å². The van der Waals surface area contributed by atoms with Gasteiger partial charge in [0, 0.05) is 12.8 Å². The molecular formula is C38H74O5. The maximum atomic E-state index is 11.9. The Morgan fingerprint density at radius 3 is 1.12 bits per heavy atom. The van der Waals surface area contributed by atoms with Gasteiger partial charge in [-0.25, -0.2) is 0 Å². The van der Waals surface area contributed by atoms with Crippen molar-refractivity contribution in [2.45, 2.75) is 213 Å². The van der Waals surface area contributed by atoms with E-state index in [0.717, 1.165) is 38.0 Å². The number of carbonyl (C=O) groups is 2. The van der Waals surface area contributed by atoms with Gasteiger partial charge in [0.2, 0.25) is 0 Å². The zero-order valence-electron chi connectivity index (χ0n) is 29.2. The molecule has 0 saturated heterocycles. The lowest BCUT2D eigenvalue weighted by Crippen LogP contribution is -2.25. The summed E-state index contributed by atoms with van der Waals surface area (Å²) in [6.07, 6.45) is 34.6. The first-order valence-corrected chi connectivity index (χ1v) is 19.0. The van der Waals surface area contributed by atoms with Crippen molar-refractivity contribution >= 4 is 11.9 Å². The van der Waals surface area contributed by atoms with Crippen molar-refractivity contribution in [2.24, 2.45) is 5.92 Å². The van der Waals surface area contributed by atoms with Crippen molar-refractivity contribution in [1.82, 2.24) is 0 Å². The minimum Gasteiger partial charge on any atom is -0.463 e. The second-order valence-corrected chi connectivity index (χ2v) is 13.3. The van der Waals surface area contributed by atoms with Crippen LogP contribution in [0.2, 0.25) is 0 Å². The molecule has 1 unspecified atom stereocenters. The van der Waals surface area contributed by atoms with Crippen LogP contribution in [0.15, 0.2) is 0 Å². The second-order valence-electron chi connectivity index (χ2n) is 13.3. The van der Waals surface area contributed by atoms with Gasteiger partial charge in [-0.15, -0.1) is 0 Å². The van der Waals surface area contributed by atoms with E-state index in [0.29, 0.717) is 12.8 Å². The Kier molecular flexibility index (Phi) is 32.9. The van der Waals surface area contributed by atoms with Crippen molar-refractivity contribution in [3.8, 4) is 0 Å². The molecule has 0 aromatic heterocycles. The molecule has 0 aliphatic rings. The van der Waals surface area contributed by atoms with Crippen LogP contribution in [0.4, 0.5) is 0 Å². The minimum atomic E-state index is -0.953. The SMILES string of the molecule is CCCCCCCCCC(=O)OC[C@@H](O)COC(=O)CCCCCCCCCCCCCCCCCCCCC(C)CC. The third-order valence-electron chi connectivity index (χ3n) is 8.88. The lowest BCUT2D eigenvalue weighted by molar-refractivity contribution is -0.152. The highest BCUT2D eigenvalue weighted by atomic mass is 16.6. The smallest absolute Gasteiger partial charge is 0.305 e. The predicted octanol–water partition coefficient (Wildman–Crippen LogP) is 11.4. The van der Waals surface area contributed by atoms with Gasteiger partial charge in [0.05, 0.1) is 0 Å². The number of unbranched alkanes of at least 4 members (excludes halogenated alkanes) is 23. The molecule has 43 heavy (non-hydrogen) atoms. The fourth-order valence-electron chi connectivity index (χ4n) is 5.59. The summed E-state index contributed by atoms with van der Waals surface area (Å²) in [4.78, 5) is 23.7. The number of hydrogen-bond acceptors (Lipinski definition) is 5. The molecule has 0 aromatic rings. The number of hydrogen-bond donors (Lipinski definition) is 1. The summed E-state index contributed by atoms with van der Waals surface area (Å²) >= 11 is 0. The van der Waals surface area contributed by atoms with Gasteiger partial charge < -0.3 is 14.6 Å². The summed E-state index contributed by atoms with van der Waals surface area (Å²) in [7, 11) is 0. The monoisotopic (exact) mass is 611 g/mol. The maximum absolute atomic E-state index is 11.9. The summed E-state index contributed by atoms with van der Waals surface area (Å²) in [6.45, 7) is 6.67. The molecule has 0 rings (SSSR count). The Hall–Kier alpha value is -1.10. The molecule has 0 aromatic carbocycles. The highest BCUT2D eigenvalue weighted by molar-refractivity contribution is 5.69. The molecule has 0 heterocycles.